The topological polar surface area (TPSA) is 113 Å². The molecule has 0 radical (unpaired) electrons. The lowest BCUT2D eigenvalue weighted by molar-refractivity contribution is -0.165. The third kappa shape index (κ3) is 10.3. The lowest BCUT2D eigenvalue weighted by Crippen LogP contribution is -2.48. The highest BCUT2D eigenvalue weighted by Crippen LogP contribution is 2.30. The van der Waals surface area contributed by atoms with Crippen LogP contribution < -0.4 is 0 Å². The Morgan fingerprint density at radius 2 is 1.60 bits per heavy atom. The number of ether oxygens (including phenoxy) is 2. The van der Waals surface area contributed by atoms with Gasteiger partial charge in [-0.05, 0) is 87.6 Å². The van der Waals surface area contributed by atoms with Gasteiger partial charge in [-0.15, -0.1) is 0 Å². The minimum atomic E-state index is -2.02. The van der Waals surface area contributed by atoms with E-state index >= 15 is 0 Å². The molecule has 2 aromatic carbocycles. The molecule has 8 nitrogen and oxygen atoms in total. The zero-order valence-electron chi connectivity index (χ0n) is 24.7. The number of carbonyl (C=O) groups is 3. The Balaban J connectivity index is 0.000000314. The van der Waals surface area contributed by atoms with Gasteiger partial charge < -0.3 is 24.6 Å². The van der Waals surface area contributed by atoms with E-state index < -0.39 is 41.6 Å². The van der Waals surface area contributed by atoms with Gasteiger partial charge in [0.15, 0.2) is 0 Å². The highest BCUT2D eigenvalue weighted by atomic mass is 35.5. The van der Waals surface area contributed by atoms with Crippen LogP contribution >= 0.6 is 23.2 Å². The summed E-state index contributed by atoms with van der Waals surface area (Å²) in [4.78, 5) is 38.2. The summed E-state index contributed by atoms with van der Waals surface area (Å²) in [5.41, 5.74) is 0.634. The molecule has 2 N–H and O–H groups in total. The number of carbonyl (C=O) groups excluding carboxylic acids is 3. The first-order chi connectivity index (χ1) is 19.7. The third-order valence-corrected chi connectivity index (χ3v) is 7.11. The van der Waals surface area contributed by atoms with E-state index in [4.69, 9.17) is 27.9 Å². The first-order valence-corrected chi connectivity index (χ1v) is 14.6. The molecule has 3 rings (SSSR count). The molecule has 232 valence electrons. The highest BCUT2D eigenvalue weighted by Gasteiger charge is 2.43. The fourth-order valence-electron chi connectivity index (χ4n) is 4.55. The molecule has 2 aromatic rings. The van der Waals surface area contributed by atoms with Crippen molar-refractivity contribution in [1.29, 1.82) is 0 Å². The van der Waals surface area contributed by atoms with Gasteiger partial charge in [-0.3, -0.25) is 4.79 Å². The number of aromatic hydroxyl groups is 2. The molecule has 0 spiro atoms. The molecule has 42 heavy (non-hydrogen) atoms. The molecule has 1 aliphatic rings. The Bertz CT molecular complexity index is 1180. The lowest BCUT2D eigenvalue weighted by atomic mass is 9.94. The lowest BCUT2D eigenvalue weighted by Gasteiger charge is -2.30. The number of unbranched alkanes of at least 4 members (excludes halogenated alkanes) is 1. The summed E-state index contributed by atoms with van der Waals surface area (Å²) in [5.74, 6) is -2.89. The highest BCUT2D eigenvalue weighted by molar-refractivity contribution is 6.31. The van der Waals surface area contributed by atoms with E-state index in [9.17, 15) is 29.0 Å². The standard InChI is InChI=1S/C18H30FNO5.C13H10Cl2O2/c1-6-7-9-12(14(19)17(23)24-5)15(21)20-11-8-10-13(20)16(22)25-18(2,3)4;14-10-1-3-12(16)8(6-10)5-9-7-11(15)2-4-13(9)17/h12-14H,6-11H2,1-5H3;1-4,6-7,16-17H,5H2. The average molecular weight is 629 g/mol. The minimum absolute atomic E-state index is 0.147. The van der Waals surface area contributed by atoms with Gasteiger partial charge in [0.25, 0.3) is 0 Å². The molecule has 1 aliphatic heterocycles. The van der Waals surface area contributed by atoms with Crippen LogP contribution in [0.25, 0.3) is 0 Å². The maximum Gasteiger partial charge on any atom is 0.341 e. The smallest absolute Gasteiger partial charge is 0.341 e. The number of phenolic OH excluding ortho intramolecular Hbond substituents is 2. The molecule has 0 saturated carbocycles. The Labute approximate surface area is 256 Å². The predicted octanol–water partition coefficient (Wildman–Crippen LogP) is 6.63. The van der Waals surface area contributed by atoms with Gasteiger partial charge in [0, 0.05) is 23.0 Å². The van der Waals surface area contributed by atoms with Crippen LogP contribution in [0.4, 0.5) is 4.39 Å². The van der Waals surface area contributed by atoms with Crippen LogP contribution in [0.15, 0.2) is 36.4 Å². The summed E-state index contributed by atoms with van der Waals surface area (Å²) in [6, 6.07) is 8.88. The first kappa shape index (κ1) is 35.2. The van der Waals surface area contributed by atoms with Gasteiger partial charge in [0.05, 0.1) is 13.0 Å². The number of esters is 2. The largest absolute Gasteiger partial charge is 0.508 e. The van der Waals surface area contributed by atoms with E-state index in [0.717, 1.165) is 13.5 Å². The fourth-order valence-corrected chi connectivity index (χ4v) is 4.94. The molecule has 1 fully saturated rings. The van der Waals surface area contributed by atoms with Crippen LogP contribution in [0.3, 0.4) is 0 Å². The average Bonchev–Trinajstić information content (AvgIpc) is 3.42. The van der Waals surface area contributed by atoms with Gasteiger partial charge in [-0.1, -0.05) is 43.0 Å². The summed E-state index contributed by atoms with van der Waals surface area (Å²) < 4.78 is 24.3. The summed E-state index contributed by atoms with van der Waals surface area (Å²) in [6.45, 7) is 7.55. The molecule has 1 saturated heterocycles. The van der Waals surface area contributed by atoms with Crippen LogP contribution in [0.5, 0.6) is 11.5 Å². The molecule has 0 bridgehead atoms. The Hall–Kier alpha value is -3.04. The van der Waals surface area contributed by atoms with Crippen LogP contribution in [0.2, 0.25) is 10.0 Å². The van der Waals surface area contributed by atoms with Crippen LogP contribution in [-0.2, 0) is 30.3 Å². The zero-order valence-corrected chi connectivity index (χ0v) is 26.2. The molecule has 3 unspecified atom stereocenters. The molecule has 0 aromatic heterocycles. The number of hydrogen-bond donors (Lipinski definition) is 2. The fraction of sp³-hybridized carbons (Fsp3) is 0.516. The first-order valence-electron chi connectivity index (χ1n) is 13.9. The van der Waals surface area contributed by atoms with Crippen molar-refractivity contribution >= 4 is 41.0 Å². The van der Waals surface area contributed by atoms with E-state index in [0.29, 0.717) is 53.4 Å². The number of amides is 1. The Morgan fingerprint density at radius 1 is 1.05 bits per heavy atom. The number of rotatable bonds is 9. The van der Waals surface area contributed by atoms with Gasteiger partial charge in [-0.25, -0.2) is 14.0 Å². The van der Waals surface area contributed by atoms with Crippen molar-refractivity contribution in [2.75, 3.05) is 13.7 Å². The molecular weight excluding hydrogens is 588 g/mol. The third-order valence-electron chi connectivity index (χ3n) is 6.64. The summed E-state index contributed by atoms with van der Waals surface area (Å²) in [6.07, 6.45) is 1.10. The van der Waals surface area contributed by atoms with Crippen LogP contribution in [0.1, 0.15) is 70.9 Å². The number of hydrogen-bond acceptors (Lipinski definition) is 7. The number of methoxy groups -OCH3 is 1. The van der Waals surface area contributed by atoms with Crippen molar-refractivity contribution in [2.24, 2.45) is 5.92 Å². The van der Waals surface area contributed by atoms with E-state index in [1.54, 1.807) is 45.0 Å². The van der Waals surface area contributed by atoms with Gasteiger partial charge in [0.2, 0.25) is 12.1 Å². The zero-order chi connectivity index (χ0) is 31.6. The number of benzene rings is 2. The number of alkyl halides is 1. The van der Waals surface area contributed by atoms with Crippen molar-refractivity contribution in [3.05, 3.63) is 57.6 Å². The van der Waals surface area contributed by atoms with E-state index in [-0.39, 0.29) is 17.9 Å². The predicted molar refractivity (Wildman–Crippen MR) is 160 cm³/mol. The van der Waals surface area contributed by atoms with Crippen molar-refractivity contribution < 1.29 is 38.5 Å². The summed E-state index contributed by atoms with van der Waals surface area (Å²) >= 11 is 11.7. The maximum absolute atomic E-state index is 14.4. The number of nitrogens with zero attached hydrogens (tertiary/aromatic N) is 1. The second kappa shape index (κ2) is 16.0. The summed E-state index contributed by atoms with van der Waals surface area (Å²) in [5, 5.41) is 20.4. The van der Waals surface area contributed by atoms with E-state index in [1.165, 1.54) is 17.0 Å². The molecular formula is C31H40Cl2FNO7. The number of phenols is 2. The van der Waals surface area contributed by atoms with Crippen molar-refractivity contribution in [1.82, 2.24) is 4.90 Å². The molecule has 0 aliphatic carbocycles. The Morgan fingerprint density at radius 3 is 2.07 bits per heavy atom. The maximum atomic E-state index is 14.4. The van der Waals surface area contributed by atoms with Crippen molar-refractivity contribution in [3.63, 3.8) is 0 Å². The van der Waals surface area contributed by atoms with Gasteiger partial charge in [0.1, 0.15) is 23.1 Å². The van der Waals surface area contributed by atoms with Crippen LogP contribution in [0, 0.1) is 5.92 Å². The van der Waals surface area contributed by atoms with E-state index in [1.807, 2.05) is 6.92 Å². The Kier molecular flexibility index (Phi) is 13.4. The normalized spacial score (nSPS) is 16.2. The molecule has 1 amide bonds. The molecule has 11 heteroatoms. The number of halogens is 3. The second-order valence-electron chi connectivity index (χ2n) is 11.1. The quantitative estimate of drug-likeness (QED) is 0.300. The molecule has 3 atom stereocenters. The van der Waals surface area contributed by atoms with Crippen LogP contribution in [-0.4, -0.2) is 64.4 Å². The van der Waals surface area contributed by atoms with E-state index in [2.05, 4.69) is 4.74 Å². The van der Waals surface area contributed by atoms with Crippen molar-refractivity contribution in [2.45, 2.75) is 84.0 Å². The summed E-state index contributed by atoms with van der Waals surface area (Å²) in [7, 11) is 1.09. The van der Waals surface area contributed by atoms with Gasteiger partial charge >= 0.3 is 11.9 Å². The monoisotopic (exact) mass is 627 g/mol. The number of likely N-dealkylation sites (tertiary alicyclic amines) is 1. The second-order valence-corrected chi connectivity index (χ2v) is 12.0. The SMILES string of the molecule is CCCCC(C(=O)N1CCCC1C(=O)OC(C)(C)C)C(F)C(=O)OC.Oc1ccc(Cl)cc1Cc1cc(Cl)ccc1O. The van der Waals surface area contributed by atoms with Gasteiger partial charge in [-0.2, -0.15) is 0 Å². The van der Waals surface area contributed by atoms with Crippen molar-refractivity contribution in [3.8, 4) is 11.5 Å². The molecule has 1 heterocycles. The minimum Gasteiger partial charge on any atom is -0.508 e.